The third-order valence-corrected chi connectivity index (χ3v) is 26.7. The second-order valence-electron chi connectivity index (χ2n) is 37.7. The average Bonchev–Trinajstić information content (AvgIpc) is 1.61. The van der Waals surface area contributed by atoms with Gasteiger partial charge in [-0.25, -0.2) is 26.3 Å². The molecule has 146 heavy (non-hydrogen) atoms. The lowest BCUT2D eigenvalue weighted by molar-refractivity contribution is -0.125. The van der Waals surface area contributed by atoms with E-state index < -0.39 is 66.6 Å². The first-order valence-electron chi connectivity index (χ1n) is 48.9. The lowest BCUT2D eigenvalue weighted by atomic mass is 10.1. The number of hydrogen-bond acceptors (Lipinski definition) is 38. The van der Waals surface area contributed by atoms with Gasteiger partial charge in [0, 0.05) is 140 Å². The van der Waals surface area contributed by atoms with Crippen molar-refractivity contribution >= 4 is 177 Å². The molecule has 14 aliphatic rings. The van der Waals surface area contributed by atoms with Crippen molar-refractivity contribution in [2.45, 2.75) is 165 Å². The second-order valence-corrected chi connectivity index (χ2v) is 37.7. The molecule has 0 bridgehead atoms. The number of carbonyl (C=O) groups excluding carboxylic acids is 10. The van der Waals surface area contributed by atoms with Gasteiger partial charge in [0.2, 0.25) is 89.0 Å². The van der Waals surface area contributed by atoms with Crippen LogP contribution in [0.5, 0.6) is 0 Å². The van der Waals surface area contributed by atoms with E-state index in [-0.39, 0.29) is 107 Å². The lowest BCUT2D eigenvalue weighted by Gasteiger charge is -2.24. The Morgan fingerprint density at radius 2 is 0.623 bits per heavy atom. The number of halogens is 6. The normalized spacial score (nSPS) is 23.8. The van der Waals surface area contributed by atoms with Crippen molar-refractivity contribution < 1.29 is 83.8 Å². The fourth-order valence-electron chi connectivity index (χ4n) is 19.0. The Morgan fingerprint density at radius 1 is 0.342 bits per heavy atom. The van der Waals surface area contributed by atoms with Crippen molar-refractivity contribution in [3.05, 3.63) is 86.7 Å². The number of anilines is 10. The number of imide groups is 5. The fourth-order valence-corrected chi connectivity index (χ4v) is 19.0. The first-order chi connectivity index (χ1) is 70.7. The van der Waals surface area contributed by atoms with Gasteiger partial charge in [0.15, 0.2) is 28.2 Å². The molecule has 10 amide bonds. The minimum Gasteiger partial charge on any atom is -0.383 e. The predicted octanol–water partition coefficient (Wildman–Crippen LogP) is 3.18. The number of nitrogens with zero attached hydrogens (tertiary/aromatic N) is 27. The molecule has 14 fully saturated rings. The Labute approximate surface area is 826 Å². The lowest BCUT2D eigenvalue weighted by Crippen LogP contribution is -2.30. The number of methoxy groups -OCH3 is 1. The van der Waals surface area contributed by atoms with E-state index in [2.05, 4.69) is 128 Å². The van der Waals surface area contributed by atoms with Gasteiger partial charge < -0.3 is 65.0 Å². The summed E-state index contributed by atoms with van der Waals surface area (Å²) < 4.78 is 101. The van der Waals surface area contributed by atoms with Crippen LogP contribution in [0.4, 0.5) is 85.8 Å². The van der Waals surface area contributed by atoms with Crippen molar-refractivity contribution in [3.63, 3.8) is 0 Å². The molecule has 1 aliphatic carbocycles. The molecule has 48 nitrogen and oxygen atoms in total. The summed E-state index contributed by atoms with van der Waals surface area (Å²) >= 11 is 0. The van der Waals surface area contributed by atoms with Gasteiger partial charge in [-0.2, -0.15) is 97.9 Å². The second kappa shape index (κ2) is 42.9. The van der Waals surface area contributed by atoms with Crippen LogP contribution < -0.4 is 77.3 Å². The van der Waals surface area contributed by atoms with Crippen LogP contribution in [0.2, 0.25) is 0 Å². The van der Waals surface area contributed by atoms with Crippen LogP contribution in [0, 0.1) is 0 Å². The van der Waals surface area contributed by atoms with Crippen LogP contribution in [0.3, 0.4) is 0 Å². The van der Waals surface area contributed by atoms with Gasteiger partial charge in [0.1, 0.15) is 37.0 Å². The summed E-state index contributed by atoms with van der Waals surface area (Å²) in [4.78, 5) is 176. The topological polar surface area (TPSA) is 536 Å². The zero-order chi connectivity index (χ0) is 101. The van der Waals surface area contributed by atoms with E-state index in [1.54, 1.807) is 85.6 Å². The highest BCUT2D eigenvalue weighted by molar-refractivity contribution is 6.19. The number of rotatable bonds is 24. The molecule has 6 unspecified atom stereocenters. The van der Waals surface area contributed by atoms with Gasteiger partial charge in [-0.05, 0) is 133 Å². The third kappa shape index (κ3) is 22.4. The Balaban J connectivity index is 0.000000111. The summed E-state index contributed by atoms with van der Waals surface area (Å²) in [6.45, 7) is 11.0. The Morgan fingerprint density at radius 3 is 0.911 bits per heavy atom. The number of hydrogen-bond donors (Lipinski definition) is 9. The molecule has 13 saturated heterocycles. The van der Waals surface area contributed by atoms with Gasteiger partial charge in [-0.1, -0.05) is 0 Å². The molecule has 13 aliphatic heterocycles. The summed E-state index contributed by atoms with van der Waals surface area (Å²) in [6, 6.07) is 0.542. The van der Waals surface area contributed by atoms with Crippen molar-refractivity contribution in [3.8, 4) is 0 Å². The number of ether oxygens (including phenoxy) is 2. The number of alkyl halides is 6. The van der Waals surface area contributed by atoms with E-state index in [0.29, 0.717) is 254 Å². The molecule has 0 spiro atoms. The standard InChI is InChI=1S/C21H27FN8O2.C19H22FN7O3.C18H19F2N7O2.C17H20FN7O3.C17H18FN7O2/c22-16-4-9-29(13-16)21-27-20(23-5-3-8-28-6-1-2-7-28)26-18-15(12-24-30(18)21)10-14-11-17(31)25-19(14)32;20-13-1-4-26(10-13)19-25-18(22-14-2-5-30-6-3-14)24-16-12(9-21-27(16)19)7-11-8-15(28)23-17(11)29;19-12-1-3-25(8-12)17-23-15-11(5-10-6-14(28)22-16(10)29)7-21-27(15)18(24-17)26-4-2-13(20)9-26;1-28-5-3-19-16-22-14-11(6-10-7-13(26)21-15(10)27)8-20-25(14)17(23-16)24-4-2-12(18)9-24;18-11-3-4-24(8-11)17-23-16(20-12-1-2-12)22-14-10(7-19-25(14)17)5-9-6-13(26)21-15(9)27/h10,12,16H,1-9,11,13H2,(H,23,26)(H,25,31,32);7,9,13-14H,1-6,8,10H2,(H,22,24)(H,23,28,29);5,7,12-13H,1-4,6,8-9H2,(H,22,28,29);6,8,12H,2-5,7,9H2,1H3,(H,19,22)(H,21,26,27);5,7,11-12H,1-4,6,8H2,(H,20,22)(H,21,26,27)/b14-10+;11-7+;10-5+;10-6+;9-5+. The summed E-state index contributed by atoms with van der Waals surface area (Å²) in [7, 11) is 1.60. The minimum atomic E-state index is -0.948. The maximum Gasteiger partial charge on any atom is 0.254 e. The predicted molar refractivity (Wildman–Crippen MR) is 516 cm³/mol. The van der Waals surface area contributed by atoms with E-state index in [1.165, 1.54) is 28.1 Å². The molecule has 10 aromatic rings. The average molecular weight is 2020 g/mol. The number of fused-ring (bicyclic) bond motifs is 5. The van der Waals surface area contributed by atoms with Crippen LogP contribution in [-0.2, 0) is 57.4 Å². The van der Waals surface area contributed by atoms with Crippen molar-refractivity contribution in [2.75, 3.05) is 189 Å². The van der Waals surface area contributed by atoms with Gasteiger partial charge in [0.25, 0.3) is 29.5 Å². The molecule has 0 aromatic carbocycles. The van der Waals surface area contributed by atoms with Crippen molar-refractivity contribution in [1.82, 2.24) is 129 Å². The van der Waals surface area contributed by atoms with E-state index in [4.69, 9.17) is 9.47 Å². The zero-order valence-electron chi connectivity index (χ0n) is 79.5. The molecule has 9 N–H and O–H groups in total. The molecular formula is C92H106F6N36O12. The number of nitrogens with one attached hydrogen (secondary N) is 9. The first-order valence-corrected chi connectivity index (χ1v) is 48.9. The summed E-state index contributed by atoms with van der Waals surface area (Å²) in [6.07, 6.45) is 20.4. The van der Waals surface area contributed by atoms with E-state index in [0.717, 1.165) is 58.3 Å². The minimum absolute atomic E-state index is 0.00766. The maximum atomic E-state index is 13.9. The Bertz CT molecular complexity index is 6940. The summed E-state index contributed by atoms with van der Waals surface area (Å²) in [5, 5.41) is 46.1. The van der Waals surface area contributed by atoms with E-state index >= 15 is 0 Å². The molecule has 0 radical (unpaired) electrons. The molecule has 23 heterocycles. The highest BCUT2D eigenvalue weighted by Crippen LogP contribution is 2.36. The SMILES string of the molecule is COCCNc1nc(N2CCC(F)C2)n2ncc(/C=C3\CC(=O)NC3=O)c2n1.O=C1C/C(=C\c2cnn3c(N4CCC(F)C4)nc(N4CCC(F)C4)nc23)C(=O)N1.O=C1C/C(=C\c2cnn3c(N4CCC(F)C4)nc(NC4CC4)nc23)C(=O)N1.O=C1C/C(=C\c2cnn3c(N4CCC(F)C4)nc(NC4CCOCC4)nc23)C(=O)N1.O=C1C/C(=C\c2cnn3c(N4CCC(F)C4)nc(NCCCN4CCCC4)nc23)C(=O)N1. The molecule has 24 rings (SSSR count). The molecule has 6 atom stereocenters. The monoisotopic (exact) mass is 2020 g/mol. The maximum absolute atomic E-state index is 13.9. The van der Waals surface area contributed by atoms with Crippen LogP contribution in [0.25, 0.3) is 58.6 Å². The van der Waals surface area contributed by atoms with E-state index in [9.17, 15) is 74.3 Å². The van der Waals surface area contributed by atoms with Gasteiger partial charge >= 0.3 is 0 Å². The van der Waals surface area contributed by atoms with Gasteiger partial charge in [-0.15, -0.1) is 0 Å². The van der Waals surface area contributed by atoms with Crippen LogP contribution in [0.15, 0.2) is 58.8 Å². The molecule has 1 saturated carbocycles. The zero-order valence-corrected chi connectivity index (χ0v) is 79.5. The molecule has 10 aromatic heterocycles. The number of amides is 10. The van der Waals surface area contributed by atoms with Crippen LogP contribution in [0.1, 0.15) is 143 Å². The number of likely N-dealkylation sites (tertiary alicyclic amines) is 1. The Hall–Kier alpha value is -15.4. The molecule has 54 heteroatoms. The Kier molecular flexibility index (Phi) is 28.8. The largest absolute Gasteiger partial charge is 0.383 e. The highest BCUT2D eigenvalue weighted by Gasteiger charge is 2.38. The van der Waals surface area contributed by atoms with Crippen LogP contribution in [-0.4, -0.2) is 349 Å². The number of carbonyl (C=O) groups is 10. The first kappa shape index (κ1) is 98.0. The van der Waals surface area contributed by atoms with Gasteiger partial charge in [-0.3, -0.25) is 74.5 Å². The smallest absolute Gasteiger partial charge is 0.254 e. The van der Waals surface area contributed by atoms with Crippen LogP contribution >= 0.6 is 0 Å². The summed E-state index contributed by atoms with van der Waals surface area (Å²) in [5.74, 6) is 0.786. The summed E-state index contributed by atoms with van der Waals surface area (Å²) in [5.41, 5.74) is 7.15. The van der Waals surface area contributed by atoms with Gasteiger partial charge in [0.05, 0.1) is 109 Å². The third-order valence-electron chi connectivity index (χ3n) is 26.7. The quantitative estimate of drug-likeness (QED) is 0.0181. The molecule has 768 valence electrons. The van der Waals surface area contributed by atoms with Crippen molar-refractivity contribution in [2.24, 2.45) is 0 Å². The van der Waals surface area contributed by atoms with Crippen molar-refractivity contribution in [1.29, 1.82) is 0 Å². The highest BCUT2D eigenvalue weighted by atomic mass is 19.2. The number of aromatic nitrogens is 20. The molecular weight excluding hydrogens is 1920 g/mol. The fraction of sp³-hybridized carbons (Fsp3) is 0.511. The van der Waals surface area contributed by atoms with E-state index in [1.807, 2.05) is 19.6 Å².